The summed E-state index contributed by atoms with van der Waals surface area (Å²) in [6.07, 6.45) is 0. The third-order valence-corrected chi connectivity index (χ3v) is 2.76. The van der Waals surface area contributed by atoms with E-state index in [1.54, 1.807) is 43.3 Å². The Morgan fingerprint density at radius 2 is 1.90 bits per heavy atom. The molecule has 0 unspecified atom stereocenters. The van der Waals surface area contributed by atoms with E-state index in [0.717, 1.165) is 0 Å². The summed E-state index contributed by atoms with van der Waals surface area (Å²) >= 11 is 0. The number of hydrogen-bond acceptors (Lipinski definition) is 4. The molecule has 0 heterocycles. The van der Waals surface area contributed by atoms with Crippen LogP contribution in [0.4, 0.5) is 5.69 Å². The van der Waals surface area contributed by atoms with Gasteiger partial charge in [-0.1, -0.05) is 18.2 Å². The van der Waals surface area contributed by atoms with Crippen LogP contribution < -0.4 is 5.43 Å². The smallest absolute Gasteiger partial charge is 0.335 e. The third-order valence-electron chi connectivity index (χ3n) is 2.76. The van der Waals surface area contributed by atoms with Gasteiger partial charge in [-0.05, 0) is 37.3 Å². The fourth-order valence-electron chi connectivity index (χ4n) is 1.71. The van der Waals surface area contributed by atoms with Gasteiger partial charge in [0.15, 0.2) is 0 Å². The summed E-state index contributed by atoms with van der Waals surface area (Å²) in [6.45, 7) is 1.75. The Kier molecular flexibility index (Phi) is 4.00. The van der Waals surface area contributed by atoms with Crippen molar-refractivity contribution < 1.29 is 15.0 Å². The number of carboxylic acids is 1. The van der Waals surface area contributed by atoms with Gasteiger partial charge in [-0.2, -0.15) is 5.10 Å². The van der Waals surface area contributed by atoms with E-state index in [4.69, 9.17) is 5.11 Å². The van der Waals surface area contributed by atoms with Gasteiger partial charge in [0, 0.05) is 5.56 Å². The van der Waals surface area contributed by atoms with Crippen LogP contribution in [0.25, 0.3) is 0 Å². The first-order valence-electron chi connectivity index (χ1n) is 6.00. The molecule has 102 valence electrons. The Bertz CT molecular complexity index is 666. The fraction of sp³-hybridized carbons (Fsp3) is 0.0667. The molecule has 0 atom stereocenters. The highest BCUT2D eigenvalue weighted by Crippen LogP contribution is 2.17. The molecule has 0 radical (unpaired) electrons. The quantitative estimate of drug-likeness (QED) is 0.589. The van der Waals surface area contributed by atoms with Crippen molar-refractivity contribution in [3.8, 4) is 5.75 Å². The molecule has 0 saturated carbocycles. The van der Waals surface area contributed by atoms with Crippen LogP contribution in [0.15, 0.2) is 53.6 Å². The lowest BCUT2D eigenvalue weighted by atomic mass is 10.1. The molecule has 0 aliphatic carbocycles. The molecule has 20 heavy (non-hydrogen) atoms. The average Bonchev–Trinajstić information content (AvgIpc) is 2.45. The van der Waals surface area contributed by atoms with Gasteiger partial charge < -0.3 is 10.2 Å². The summed E-state index contributed by atoms with van der Waals surface area (Å²) in [5.74, 6) is -0.843. The Morgan fingerprint density at radius 3 is 2.60 bits per heavy atom. The summed E-state index contributed by atoms with van der Waals surface area (Å²) in [5, 5.41) is 22.8. The zero-order valence-corrected chi connectivity index (χ0v) is 10.9. The number of rotatable bonds is 4. The van der Waals surface area contributed by atoms with Crippen molar-refractivity contribution in [1.29, 1.82) is 0 Å². The van der Waals surface area contributed by atoms with Crippen molar-refractivity contribution in [3.05, 3.63) is 59.7 Å². The Hall–Kier alpha value is -2.82. The maximum atomic E-state index is 10.9. The number of phenolic OH excluding ortho intramolecular Hbond substituents is 1. The third kappa shape index (κ3) is 3.14. The van der Waals surface area contributed by atoms with Crippen LogP contribution in [0.2, 0.25) is 0 Å². The number of nitrogens with one attached hydrogen (secondary N) is 1. The molecule has 0 aromatic heterocycles. The lowest BCUT2D eigenvalue weighted by Gasteiger charge is -2.06. The summed E-state index contributed by atoms with van der Waals surface area (Å²) in [5.41, 5.74) is 4.75. The van der Waals surface area contributed by atoms with E-state index in [9.17, 15) is 9.90 Å². The lowest BCUT2D eigenvalue weighted by Crippen LogP contribution is -2.01. The number of carbonyl (C=O) groups is 1. The zero-order chi connectivity index (χ0) is 14.5. The second-order valence-corrected chi connectivity index (χ2v) is 4.21. The summed E-state index contributed by atoms with van der Waals surface area (Å²) in [6, 6.07) is 13.2. The van der Waals surface area contributed by atoms with E-state index in [1.165, 1.54) is 12.1 Å². The zero-order valence-electron chi connectivity index (χ0n) is 10.9. The van der Waals surface area contributed by atoms with E-state index in [0.29, 0.717) is 17.0 Å². The largest absolute Gasteiger partial charge is 0.507 e. The van der Waals surface area contributed by atoms with Gasteiger partial charge >= 0.3 is 5.97 Å². The van der Waals surface area contributed by atoms with Crippen molar-refractivity contribution in [1.82, 2.24) is 0 Å². The Labute approximate surface area is 116 Å². The molecule has 0 aliphatic heterocycles. The number of aromatic hydroxyl groups is 1. The van der Waals surface area contributed by atoms with Gasteiger partial charge in [-0.25, -0.2) is 4.79 Å². The van der Waals surface area contributed by atoms with Gasteiger partial charge in [-0.3, -0.25) is 5.43 Å². The monoisotopic (exact) mass is 270 g/mol. The fourth-order valence-corrected chi connectivity index (χ4v) is 1.71. The van der Waals surface area contributed by atoms with Crippen LogP contribution in [-0.4, -0.2) is 21.9 Å². The van der Waals surface area contributed by atoms with E-state index in [2.05, 4.69) is 10.5 Å². The molecule has 0 amide bonds. The van der Waals surface area contributed by atoms with Gasteiger partial charge in [-0.15, -0.1) is 0 Å². The van der Waals surface area contributed by atoms with Crippen molar-refractivity contribution in [3.63, 3.8) is 0 Å². The van der Waals surface area contributed by atoms with E-state index >= 15 is 0 Å². The SMILES string of the molecule is C/C(=N/Nc1cccc(C(=O)O)c1)c1ccccc1O. The molecular formula is C15H14N2O3. The van der Waals surface area contributed by atoms with Crippen molar-refractivity contribution >= 4 is 17.4 Å². The van der Waals surface area contributed by atoms with E-state index in [-0.39, 0.29) is 11.3 Å². The second kappa shape index (κ2) is 5.88. The lowest BCUT2D eigenvalue weighted by molar-refractivity contribution is 0.0697. The Balaban J connectivity index is 2.19. The topological polar surface area (TPSA) is 81.9 Å². The molecule has 0 spiro atoms. The number of hydrazone groups is 1. The number of nitrogens with zero attached hydrogens (tertiary/aromatic N) is 1. The van der Waals surface area contributed by atoms with Crippen molar-refractivity contribution in [2.45, 2.75) is 6.92 Å². The number of benzene rings is 2. The van der Waals surface area contributed by atoms with Gasteiger partial charge in [0.25, 0.3) is 0 Å². The minimum absolute atomic E-state index is 0.148. The minimum atomic E-state index is -0.991. The van der Waals surface area contributed by atoms with Crippen LogP contribution in [0.1, 0.15) is 22.8 Å². The van der Waals surface area contributed by atoms with Crippen LogP contribution in [0.5, 0.6) is 5.75 Å². The summed E-state index contributed by atoms with van der Waals surface area (Å²) in [7, 11) is 0. The standard InChI is InChI=1S/C15H14N2O3/c1-10(13-7-2-3-8-14(13)18)16-17-12-6-4-5-11(9-12)15(19)20/h2-9,17-18H,1H3,(H,19,20)/b16-10-. The normalized spacial score (nSPS) is 11.2. The van der Waals surface area contributed by atoms with Crippen LogP contribution in [0.3, 0.4) is 0 Å². The van der Waals surface area contributed by atoms with Crippen LogP contribution >= 0.6 is 0 Å². The molecule has 0 aliphatic rings. The first kappa shape index (κ1) is 13.6. The molecule has 2 aromatic carbocycles. The number of aromatic carboxylic acids is 1. The van der Waals surface area contributed by atoms with Gasteiger partial charge in [0.2, 0.25) is 0 Å². The molecule has 0 fully saturated rings. The van der Waals surface area contributed by atoms with E-state index < -0.39 is 5.97 Å². The number of anilines is 1. The predicted molar refractivity (Wildman–Crippen MR) is 77.3 cm³/mol. The molecule has 0 saturated heterocycles. The number of carboxylic acid groups (broad SMARTS) is 1. The summed E-state index contributed by atoms with van der Waals surface area (Å²) in [4.78, 5) is 10.9. The maximum absolute atomic E-state index is 10.9. The highest BCUT2D eigenvalue weighted by molar-refractivity contribution is 6.01. The number of phenols is 1. The molecule has 0 bridgehead atoms. The highest BCUT2D eigenvalue weighted by atomic mass is 16.4. The van der Waals surface area contributed by atoms with Crippen molar-refractivity contribution in [2.75, 3.05) is 5.43 Å². The van der Waals surface area contributed by atoms with Gasteiger partial charge in [0.05, 0.1) is 17.0 Å². The van der Waals surface area contributed by atoms with Crippen molar-refractivity contribution in [2.24, 2.45) is 5.10 Å². The number of para-hydroxylation sites is 1. The first-order chi connectivity index (χ1) is 9.58. The number of hydrogen-bond donors (Lipinski definition) is 3. The highest BCUT2D eigenvalue weighted by Gasteiger charge is 2.04. The molecule has 2 rings (SSSR count). The minimum Gasteiger partial charge on any atom is -0.507 e. The second-order valence-electron chi connectivity index (χ2n) is 4.21. The van der Waals surface area contributed by atoms with Crippen LogP contribution in [0, 0.1) is 0 Å². The van der Waals surface area contributed by atoms with Crippen LogP contribution in [-0.2, 0) is 0 Å². The van der Waals surface area contributed by atoms with Gasteiger partial charge in [0.1, 0.15) is 5.75 Å². The molecule has 5 nitrogen and oxygen atoms in total. The average molecular weight is 270 g/mol. The summed E-state index contributed by atoms with van der Waals surface area (Å²) < 4.78 is 0. The first-order valence-corrected chi connectivity index (χ1v) is 6.00. The molecule has 2 aromatic rings. The Morgan fingerprint density at radius 1 is 1.15 bits per heavy atom. The predicted octanol–water partition coefficient (Wildman–Crippen LogP) is 2.93. The molecular weight excluding hydrogens is 256 g/mol. The molecule has 5 heteroatoms. The van der Waals surface area contributed by atoms with E-state index in [1.807, 2.05) is 0 Å². The molecule has 3 N–H and O–H groups in total. The maximum Gasteiger partial charge on any atom is 0.335 e.